The molecule has 1 aromatic carbocycles. The summed E-state index contributed by atoms with van der Waals surface area (Å²) in [5.41, 5.74) is 0.848. The third-order valence-corrected chi connectivity index (χ3v) is 2.36. The smallest absolute Gasteiger partial charge is 0.224 e. The topological polar surface area (TPSA) is 29.1 Å². The van der Waals surface area contributed by atoms with E-state index in [0.29, 0.717) is 6.42 Å². The Hall–Kier alpha value is -0.830. The fourth-order valence-corrected chi connectivity index (χ4v) is 1.53. The van der Waals surface area contributed by atoms with Crippen molar-refractivity contribution in [1.82, 2.24) is 0 Å². The minimum absolute atomic E-state index is 0.0879. The van der Waals surface area contributed by atoms with Crippen molar-refractivity contribution in [1.29, 1.82) is 0 Å². The van der Waals surface area contributed by atoms with E-state index in [4.69, 9.17) is 0 Å². The van der Waals surface area contributed by atoms with Crippen LogP contribution >= 0.6 is 15.9 Å². The molecule has 76 valence electrons. The minimum Gasteiger partial charge on any atom is -0.326 e. The molecule has 0 saturated heterocycles. The first-order valence-corrected chi connectivity index (χ1v) is 5.57. The van der Waals surface area contributed by atoms with Crippen LogP contribution in [0.1, 0.15) is 26.2 Å². The van der Waals surface area contributed by atoms with E-state index in [1.165, 1.54) is 0 Å². The normalized spacial score (nSPS) is 9.86. The number of unbranched alkanes of at least 4 members (excludes halogenated alkanes) is 1. The van der Waals surface area contributed by atoms with Gasteiger partial charge in [-0.25, -0.2) is 0 Å². The van der Waals surface area contributed by atoms with Gasteiger partial charge in [0.15, 0.2) is 0 Å². The lowest BCUT2D eigenvalue weighted by Crippen LogP contribution is -2.10. The molecule has 0 aliphatic carbocycles. The molecule has 0 aromatic heterocycles. The molecule has 0 aliphatic heterocycles. The van der Waals surface area contributed by atoms with Crippen LogP contribution in [0.15, 0.2) is 28.7 Å². The largest absolute Gasteiger partial charge is 0.326 e. The molecule has 0 aliphatic rings. The van der Waals surface area contributed by atoms with Crippen LogP contribution in [0, 0.1) is 0 Å². The van der Waals surface area contributed by atoms with Gasteiger partial charge >= 0.3 is 0 Å². The van der Waals surface area contributed by atoms with E-state index in [2.05, 4.69) is 28.2 Å². The maximum absolute atomic E-state index is 11.4. The quantitative estimate of drug-likeness (QED) is 0.876. The molecule has 0 spiro atoms. The van der Waals surface area contributed by atoms with Gasteiger partial charge in [0.25, 0.3) is 0 Å². The fraction of sp³-hybridized carbons (Fsp3) is 0.364. The van der Waals surface area contributed by atoms with Crippen molar-refractivity contribution in [3.05, 3.63) is 28.7 Å². The number of amides is 1. The van der Waals surface area contributed by atoms with Gasteiger partial charge in [-0.05, 0) is 24.6 Å². The maximum Gasteiger partial charge on any atom is 0.224 e. The van der Waals surface area contributed by atoms with E-state index >= 15 is 0 Å². The Morgan fingerprint density at radius 3 is 2.93 bits per heavy atom. The molecule has 1 aromatic rings. The summed E-state index contributed by atoms with van der Waals surface area (Å²) < 4.78 is 0.978. The van der Waals surface area contributed by atoms with Gasteiger partial charge in [0.2, 0.25) is 5.91 Å². The zero-order valence-corrected chi connectivity index (χ0v) is 9.80. The number of hydrogen-bond acceptors (Lipinski definition) is 1. The van der Waals surface area contributed by atoms with Crippen LogP contribution < -0.4 is 5.32 Å². The van der Waals surface area contributed by atoms with E-state index < -0.39 is 0 Å². The second-order valence-electron chi connectivity index (χ2n) is 3.16. The van der Waals surface area contributed by atoms with Crippen molar-refractivity contribution in [3.8, 4) is 0 Å². The fourth-order valence-electron chi connectivity index (χ4n) is 1.13. The Labute approximate surface area is 92.8 Å². The zero-order chi connectivity index (χ0) is 10.4. The van der Waals surface area contributed by atoms with E-state index in [1.807, 2.05) is 24.3 Å². The predicted octanol–water partition coefficient (Wildman–Crippen LogP) is 3.58. The number of benzene rings is 1. The highest BCUT2D eigenvalue weighted by Gasteiger charge is 2.00. The Morgan fingerprint density at radius 2 is 2.29 bits per heavy atom. The molecule has 0 bridgehead atoms. The average Bonchev–Trinajstić information content (AvgIpc) is 2.15. The molecule has 0 saturated carbocycles. The molecule has 1 rings (SSSR count). The average molecular weight is 256 g/mol. The van der Waals surface area contributed by atoms with Gasteiger partial charge in [-0.3, -0.25) is 4.79 Å². The zero-order valence-electron chi connectivity index (χ0n) is 8.22. The lowest BCUT2D eigenvalue weighted by Gasteiger charge is -2.04. The van der Waals surface area contributed by atoms with Gasteiger partial charge in [0.1, 0.15) is 0 Å². The Bertz CT molecular complexity index is 312. The molecule has 0 radical (unpaired) electrons. The minimum atomic E-state index is 0.0879. The summed E-state index contributed by atoms with van der Waals surface area (Å²) >= 11 is 3.35. The van der Waals surface area contributed by atoms with Gasteiger partial charge in [-0.2, -0.15) is 0 Å². The Morgan fingerprint density at radius 1 is 1.50 bits per heavy atom. The van der Waals surface area contributed by atoms with Crippen molar-refractivity contribution in [2.45, 2.75) is 26.2 Å². The number of anilines is 1. The van der Waals surface area contributed by atoms with E-state index in [9.17, 15) is 4.79 Å². The molecular weight excluding hydrogens is 242 g/mol. The molecule has 0 fully saturated rings. The van der Waals surface area contributed by atoms with Gasteiger partial charge in [0, 0.05) is 16.6 Å². The number of carbonyl (C=O) groups is 1. The maximum atomic E-state index is 11.4. The van der Waals surface area contributed by atoms with Crippen molar-refractivity contribution in [2.24, 2.45) is 0 Å². The van der Waals surface area contributed by atoms with E-state index in [0.717, 1.165) is 23.0 Å². The summed E-state index contributed by atoms with van der Waals surface area (Å²) in [7, 11) is 0. The van der Waals surface area contributed by atoms with Gasteiger partial charge in [0.05, 0.1) is 0 Å². The summed E-state index contributed by atoms with van der Waals surface area (Å²) in [6, 6.07) is 7.61. The molecule has 0 heterocycles. The van der Waals surface area contributed by atoms with Crippen LogP contribution in [0.25, 0.3) is 0 Å². The summed E-state index contributed by atoms with van der Waals surface area (Å²) in [6.45, 7) is 2.08. The van der Waals surface area contributed by atoms with Crippen LogP contribution in [0.2, 0.25) is 0 Å². The molecule has 1 N–H and O–H groups in total. The lowest BCUT2D eigenvalue weighted by molar-refractivity contribution is -0.116. The third-order valence-electron chi connectivity index (χ3n) is 1.87. The van der Waals surface area contributed by atoms with Gasteiger partial charge in [-0.1, -0.05) is 35.3 Å². The highest BCUT2D eigenvalue weighted by molar-refractivity contribution is 9.10. The van der Waals surface area contributed by atoms with Crippen LogP contribution in [0.5, 0.6) is 0 Å². The summed E-state index contributed by atoms with van der Waals surface area (Å²) in [6.07, 6.45) is 2.59. The first-order valence-electron chi connectivity index (χ1n) is 4.78. The molecule has 0 unspecified atom stereocenters. The molecule has 3 heteroatoms. The second kappa shape index (κ2) is 5.81. The molecule has 14 heavy (non-hydrogen) atoms. The Kier molecular flexibility index (Phi) is 4.66. The van der Waals surface area contributed by atoms with Gasteiger partial charge in [-0.15, -0.1) is 0 Å². The lowest BCUT2D eigenvalue weighted by atomic mass is 10.2. The van der Waals surface area contributed by atoms with Crippen LogP contribution in [0.3, 0.4) is 0 Å². The highest BCUT2D eigenvalue weighted by atomic mass is 79.9. The summed E-state index contributed by atoms with van der Waals surface area (Å²) in [5.74, 6) is 0.0879. The molecular formula is C11H14BrNO. The second-order valence-corrected chi connectivity index (χ2v) is 4.08. The van der Waals surface area contributed by atoms with E-state index in [-0.39, 0.29) is 5.91 Å². The first kappa shape index (κ1) is 11.2. The van der Waals surface area contributed by atoms with Gasteiger partial charge < -0.3 is 5.32 Å². The number of nitrogens with one attached hydrogen (secondary N) is 1. The van der Waals surface area contributed by atoms with Crippen molar-refractivity contribution < 1.29 is 4.79 Å². The third kappa shape index (κ3) is 3.92. The van der Waals surface area contributed by atoms with Crippen LogP contribution in [0.4, 0.5) is 5.69 Å². The Balaban J connectivity index is 2.47. The summed E-state index contributed by atoms with van der Waals surface area (Å²) in [4.78, 5) is 11.4. The van der Waals surface area contributed by atoms with Crippen molar-refractivity contribution >= 4 is 27.5 Å². The number of hydrogen-bond donors (Lipinski definition) is 1. The van der Waals surface area contributed by atoms with Crippen LogP contribution in [-0.2, 0) is 4.79 Å². The number of carbonyl (C=O) groups excluding carboxylic acids is 1. The molecule has 1 amide bonds. The van der Waals surface area contributed by atoms with Crippen molar-refractivity contribution in [3.63, 3.8) is 0 Å². The SMILES string of the molecule is CCCCC(=O)Nc1cccc(Br)c1. The van der Waals surface area contributed by atoms with E-state index in [1.54, 1.807) is 0 Å². The van der Waals surface area contributed by atoms with Crippen molar-refractivity contribution in [2.75, 3.05) is 5.32 Å². The van der Waals surface area contributed by atoms with Crippen LogP contribution in [-0.4, -0.2) is 5.91 Å². The molecule has 2 nitrogen and oxygen atoms in total. The number of halogens is 1. The monoisotopic (exact) mass is 255 g/mol. The first-order chi connectivity index (χ1) is 6.72. The standard InChI is InChI=1S/C11H14BrNO/c1-2-3-7-11(14)13-10-6-4-5-9(12)8-10/h4-6,8H,2-3,7H2,1H3,(H,13,14). The molecule has 0 atom stereocenters. The predicted molar refractivity (Wildman–Crippen MR) is 62.3 cm³/mol. The summed E-state index contributed by atoms with van der Waals surface area (Å²) in [5, 5.41) is 2.85. The number of rotatable bonds is 4. The highest BCUT2D eigenvalue weighted by Crippen LogP contribution is 2.15.